The normalized spacial score (nSPS) is 17.0. The van der Waals surface area contributed by atoms with E-state index >= 15 is 0 Å². The fourth-order valence-electron chi connectivity index (χ4n) is 8.08. The summed E-state index contributed by atoms with van der Waals surface area (Å²) in [5.74, 6) is 1.43. The average Bonchev–Trinajstić information content (AvgIpc) is 3.83. The number of aromatic nitrogens is 2. The van der Waals surface area contributed by atoms with E-state index in [1.54, 1.807) is 50.6 Å². The zero-order valence-corrected chi connectivity index (χ0v) is 32.8. The third kappa shape index (κ3) is 7.59. The third-order valence-electron chi connectivity index (χ3n) is 11.1. The molecule has 5 aromatic carbocycles. The van der Waals surface area contributed by atoms with E-state index in [-0.39, 0.29) is 23.6 Å². The molecule has 0 saturated carbocycles. The van der Waals surface area contributed by atoms with Crippen molar-refractivity contribution >= 4 is 17.3 Å². The smallest absolute Gasteiger partial charge is 0.472 e. The first-order valence-electron chi connectivity index (χ1n) is 19.2. The summed E-state index contributed by atoms with van der Waals surface area (Å²) in [6.45, 7) is -0.241. The van der Waals surface area contributed by atoms with E-state index in [1.165, 1.54) is 12.1 Å². The van der Waals surface area contributed by atoms with Gasteiger partial charge >= 0.3 is 17.8 Å². The Hall–Kier alpha value is -6.92. The van der Waals surface area contributed by atoms with Crippen molar-refractivity contribution in [2.24, 2.45) is 0 Å². The van der Waals surface area contributed by atoms with E-state index in [9.17, 15) is 32.7 Å². The number of terminal acetylenes is 1. The molecule has 0 bridgehead atoms. The molecule has 1 aliphatic carbocycles. The molecule has 0 spiro atoms. The minimum Gasteiger partial charge on any atom is -0.497 e. The van der Waals surface area contributed by atoms with Gasteiger partial charge in [-0.2, -0.15) is 13.2 Å². The predicted molar refractivity (Wildman–Crippen MR) is 220 cm³/mol. The maximum atomic E-state index is 14.3. The number of hydrogen-bond donors (Lipinski definition) is 2. The first kappa shape index (κ1) is 40.8. The van der Waals surface area contributed by atoms with Crippen LogP contribution in [0, 0.1) is 12.3 Å². The first-order chi connectivity index (χ1) is 29.3. The number of alkyl halides is 3. The van der Waals surface area contributed by atoms with E-state index < -0.39 is 53.1 Å². The standard InChI is InChI=1S/C47H38F3N3O8/c1-4-28-10-20-37-29(22-28)23-30-24-34(15-21-38(30)37)53(44(56)47(48,49)50)39-26-52(45(57)51-43(39)55)42-25-40(54)41(61-42)27-60-46(31-8-6-5-7-9-31,32-11-16-35(58-2)17-12-32)33-13-18-36(59-3)19-14-33/h1,5-22,24,26,40-42,54H,23,25,27H2,2-3H3,(H,51,55,57)/t40-,41+,42+/m0/s1. The van der Waals surface area contributed by atoms with Crippen LogP contribution in [-0.4, -0.2) is 59.8 Å². The van der Waals surface area contributed by atoms with Crippen LogP contribution in [0.25, 0.3) is 11.1 Å². The van der Waals surface area contributed by atoms with E-state index in [2.05, 4.69) is 5.92 Å². The van der Waals surface area contributed by atoms with Crippen molar-refractivity contribution in [3.8, 4) is 35.0 Å². The number of nitrogens with one attached hydrogen (secondary N) is 1. The predicted octanol–water partition coefficient (Wildman–Crippen LogP) is 6.99. The molecular formula is C47H38F3N3O8. The highest BCUT2D eigenvalue weighted by Gasteiger charge is 2.46. The molecule has 8 rings (SSSR count). The van der Waals surface area contributed by atoms with Crippen LogP contribution < -0.4 is 25.6 Å². The number of benzene rings is 5. The maximum Gasteiger partial charge on any atom is 0.472 e. The second-order valence-electron chi connectivity index (χ2n) is 14.6. The number of aromatic amines is 1. The molecule has 1 saturated heterocycles. The third-order valence-corrected chi connectivity index (χ3v) is 11.1. The van der Waals surface area contributed by atoms with Gasteiger partial charge in [0.2, 0.25) is 0 Å². The second kappa shape index (κ2) is 16.3. The van der Waals surface area contributed by atoms with Gasteiger partial charge in [-0.1, -0.05) is 72.7 Å². The summed E-state index contributed by atoms with van der Waals surface area (Å²) in [5, 5.41) is 11.4. The molecule has 2 heterocycles. The summed E-state index contributed by atoms with van der Waals surface area (Å²) in [7, 11) is 3.11. The van der Waals surface area contributed by atoms with Gasteiger partial charge in [-0.05, 0) is 93.9 Å². The van der Waals surface area contributed by atoms with Crippen LogP contribution in [0.5, 0.6) is 11.5 Å². The molecule has 1 amide bonds. The summed E-state index contributed by atoms with van der Waals surface area (Å²) in [6, 6.07) is 33.6. The number of anilines is 2. The highest BCUT2D eigenvalue weighted by molar-refractivity contribution is 6.04. The fraction of sp³-hybridized carbons (Fsp3) is 0.213. The van der Waals surface area contributed by atoms with Crippen LogP contribution in [0.2, 0.25) is 0 Å². The van der Waals surface area contributed by atoms with Crippen molar-refractivity contribution in [3.63, 3.8) is 0 Å². The number of amides is 1. The van der Waals surface area contributed by atoms with Crippen molar-refractivity contribution < 1.29 is 42.0 Å². The summed E-state index contributed by atoms with van der Waals surface area (Å²) >= 11 is 0. The number of halogens is 3. The SMILES string of the molecule is C#Cc1ccc2c(c1)Cc1cc(N(C(=O)C(F)(F)F)c3cn([C@H]4C[C@H](O)[C@@H](COC(c5ccccc5)(c5ccc(OC)cc5)c5ccc(OC)cc5)O4)c(=O)[nH]c3=O)ccc1-2. The zero-order valence-electron chi connectivity index (χ0n) is 32.8. The van der Waals surface area contributed by atoms with E-state index in [1.807, 2.05) is 71.7 Å². The molecule has 3 atom stereocenters. The van der Waals surface area contributed by atoms with Crippen molar-refractivity contribution in [2.75, 3.05) is 25.7 Å². The van der Waals surface area contributed by atoms with Gasteiger partial charge in [-0.15, -0.1) is 6.42 Å². The first-order valence-corrected chi connectivity index (χ1v) is 19.2. The van der Waals surface area contributed by atoms with Gasteiger partial charge in [-0.25, -0.2) is 4.79 Å². The number of fused-ring (bicyclic) bond motifs is 3. The van der Waals surface area contributed by atoms with Crippen LogP contribution in [-0.2, 0) is 26.3 Å². The highest BCUT2D eigenvalue weighted by Crippen LogP contribution is 2.44. The Balaban J connectivity index is 1.13. The largest absolute Gasteiger partial charge is 0.497 e. The molecule has 1 aromatic heterocycles. The topological polar surface area (TPSA) is 132 Å². The van der Waals surface area contributed by atoms with Gasteiger partial charge in [0.25, 0.3) is 5.56 Å². The van der Waals surface area contributed by atoms with Crippen LogP contribution in [0.4, 0.5) is 24.5 Å². The number of carbonyl (C=O) groups excluding carboxylic acids is 1. The number of aliphatic hydroxyl groups excluding tert-OH is 1. The Morgan fingerprint density at radius 3 is 2.05 bits per heavy atom. The van der Waals surface area contributed by atoms with Gasteiger partial charge in [0.1, 0.15) is 35.1 Å². The molecule has 2 N–H and O–H groups in total. The Labute approximate surface area is 347 Å². The Morgan fingerprint density at radius 2 is 1.46 bits per heavy atom. The zero-order chi connectivity index (χ0) is 43.1. The van der Waals surface area contributed by atoms with E-state index in [4.69, 9.17) is 25.4 Å². The molecule has 0 radical (unpaired) electrons. The van der Waals surface area contributed by atoms with E-state index in [0.29, 0.717) is 40.2 Å². The number of methoxy groups -OCH3 is 2. The lowest BCUT2D eigenvalue weighted by Crippen LogP contribution is -2.43. The quantitative estimate of drug-likeness (QED) is 0.105. The molecule has 6 aromatic rings. The Morgan fingerprint density at radius 1 is 0.869 bits per heavy atom. The molecule has 0 unspecified atom stereocenters. The number of aliphatic hydroxyl groups is 1. The van der Waals surface area contributed by atoms with Gasteiger partial charge in [0, 0.05) is 23.9 Å². The van der Waals surface area contributed by atoms with Crippen molar-refractivity contribution in [1.82, 2.24) is 9.55 Å². The lowest BCUT2D eigenvalue weighted by atomic mass is 9.80. The number of carbonyl (C=O) groups is 1. The minimum absolute atomic E-state index is 0.215. The molecule has 14 heteroatoms. The fourth-order valence-corrected chi connectivity index (χ4v) is 8.08. The van der Waals surface area contributed by atoms with Crippen LogP contribution in [0.1, 0.15) is 46.0 Å². The summed E-state index contributed by atoms with van der Waals surface area (Å²) in [5.41, 5.74) is 1.20. The summed E-state index contributed by atoms with van der Waals surface area (Å²) in [6.07, 6.45) is -2.51. The second-order valence-corrected chi connectivity index (χ2v) is 14.6. The number of rotatable bonds is 11. The number of hydrogen-bond acceptors (Lipinski definition) is 8. The molecule has 11 nitrogen and oxygen atoms in total. The average molecular weight is 830 g/mol. The number of nitrogens with zero attached hydrogens (tertiary/aromatic N) is 2. The summed E-state index contributed by atoms with van der Waals surface area (Å²) in [4.78, 5) is 42.2. The maximum absolute atomic E-state index is 14.3. The van der Waals surface area contributed by atoms with Gasteiger partial charge < -0.3 is 24.1 Å². The molecule has 1 fully saturated rings. The number of H-pyrrole nitrogens is 1. The van der Waals surface area contributed by atoms with Crippen LogP contribution >= 0.6 is 0 Å². The monoisotopic (exact) mass is 829 g/mol. The highest BCUT2D eigenvalue weighted by atomic mass is 19.4. The lowest BCUT2D eigenvalue weighted by Gasteiger charge is -2.37. The Bertz CT molecular complexity index is 2710. The molecule has 2 aliphatic rings. The van der Waals surface area contributed by atoms with Gasteiger partial charge in [0.05, 0.1) is 26.9 Å². The van der Waals surface area contributed by atoms with Gasteiger partial charge in [0.15, 0.2) is 0 Å². The van der Waals surface area contributed by atoms with Crippen LogP contribution in [0.3, 0.4) is 0 Å². The van der Waals surface area contributed by atoms with Crippen molar-refractivity contribution in [1.29, 1.82) is 0 Å². The Kier molecular flexibility index (Phi) is 10.9. The number of ether oxygens (including phenoxy) is 4. The lowest BCUT2D eigenvalue weighted by molar-refractivity contribution is -0.169. The molecule has 310 valence electrons. The van der Waals surface area contributed by atoms with Gasteiger partial charge in [-0.3, -0.25) is 24.0 Å². The van der Waals surface area contributed by atoms with Crippen LogP contribution in [0.15, 0.2) is 131 Å². The molecule has 1 aliphatic heterocycles. The minimum atomic E-state index is -5.42. The molecular weight excluding hydrogens is 792 g/mol. The van der Waals surface area contributed by atoms with Crippen molar-refractivity contribution in [3.05, 3.63) is 176 Å². The van der Waals surface area contributed by atoms with Crippen molar-refractivity contribution in [2.45, 2.75) is 43.1 Å². The molecule has 61 heavy (non-hydrogen) atoms. The van der Waals surface area contributed by atoms with E-state index in [0.717, 1.165) is 33.0 Å². The summed E-state index contributed by atoms with van der Waals surface area (Å²) < 4.78 is 67.7.